The molecule has 2 fully saturated rings. The molecule has 6 nitrogen and oxygen atoms in total. The maximum Gasteiger partial charge on any atom is 0.294 e. The van der Waals surface area contributed by atoms with E-state index in [0.29, 0.717) is 37.1 Å². The van der Waals surface area contributed by atoms with Crippen LogP contribution in [0, 0.1) is 0 Å². The van der Waals surface area contributed by atoms with Crippen molar-refractivity contribution in [2.45, 2.75) is 37.7 Å². The number of aliphatic hydroxyl groups excluding tert-OH is 1. The van der Waals surface area contributed by atoms with Crippen molar-refractivity contribution in [3.63, 3.8) is 0 Å². The highest BCUT2D eigenvalue weighted by Crippen LogP contribution is 2.40. The molecule has 0 bridgehead atoms. The second-order valence-corrected chi connectivity index (χ2v) is 9.84. The zero-order chi connectivity index (χ0) is 22.8. The van der Waals surface area contributed by atoms with Crippen molar-refractivity contribution < 1.29 is 19.4 Å². The van der Waals surface area contributed by atoms with E-state index in [1.807, 2.05) is 36.4 Å². The van der Waals surface area contributed by atoms with Gasteiger partial charge < -0.3 is 19.5 Å². The molecule has 0 spiro atoms. The number of ether oxygens (including phenoxy) is 2. The highest BCUT2D eigenvalue weighted by molar-refractivity contribution is 9.10. The number of nitrogens with zero attached hydrogens (tertiary/aromatic N) is 2. The van der Waals surface area contributed by atoms with Crippen LogP contribution in [-0.2, 0) is 4.79 Å². The van der Waals surface area contributed by atoms with Gasteiger partial charge in [-0.1, -0.05) is 12.1 Å². The number of likely N-dealkylation sites (tertiary alicyclic amines) is 1. The lowest BCUT2D eigenvalue weighted by molar-refractivity contribution is -0.116. The minimum atomic E-state index is -0.229. The molecule has 2 heterocycles. The smallest absolute Gasteiger partial charge is 0.294 e. The van der Waals surface area contributed by atoms with Gasteiger partial charge in [0.1, 0.15) is 18.1 Å². The van der Waals surface area contributed by atoms with Gasteiger partial charge in [-0.3, -0.25) is 9.69 Å². The number of anilines is 1. The number of benzene rings is 2. The maximum atomic E-state index is 12.9. The summed E-state index contributed by atoms with van der Waals surface area (Å²) in [4.78, 5) is 16.8. The second-order valence-electron chi connectivity index (χ2n) is 8.99. The van der Waals surface area contributed by atoms with Gasteiger partial charge in [0.05, 0.1) is 10.6 Å². The Balaban J connectivity index is 1.15. The Kier molecular flexibility index (Phi) is 6.71. The van der Waals surface area contributed by atoms with Gasteiger partial charge in [0, 0.05) is 25.3 Å². The number of β-amino-alcohol motifs (C(OH)–C–C–N with tert-alkyl or cyclic N) is 1. The minimum absolute atomic E-state index is 0.148. The molecule has 1 amide bonds. The number of hydrogen-bond donors (Lipinski definition) is 1. The van der Waals surface area contributed by atoms with Crippen LogP contribution in [0.5, 0.6) is 11.5 Å². The van der Waals surface area contributed by atoms with Crippen LogP contribution in [0.3, 0.4) is 0 Å². The van der Waals surface area contributed by atoms with Crippen LogP contribution >= 0.6 is 15.9 Å². The first-order valence-electron chi connectivity index (χ1n) is 11.7. The lowest BCUT2D eigenvalue weighted by Crippen LogP contribution is -2.40. The Hall–Kier alpha value is -2.35. The van der Waals surface area contributed by atoms with E-state index in [4.69, 9.17) is 9.47 Å². The first-order chi connectivity index (χ1) is 16.1. The third-order valence-corrected chi connectivity index (χ3v) is 7.06. The lowest BCUT2D eigenvalue weighted by Gasteiger charge is -2.29. The highest BCUT2D eigenvalue weighted by Gasteiger charge is 2.28. The predicted molar refractivity (Wildman–Crippen MR) is 131 cm³/mol. The molecule has 174 valence electrons. The molecular formula is C26H29BrN2O4. The molecule has 1 saturated carbocycles. The number of carbonyl (C=O) groups excluding carboxylic acids is 1. The third-order valence-electron chi connectivity index (χ3n) is 6.44. The average molecular weight is 513 g/mol. The molecule has 1 atom stereocenters. The summed E-state index contributed by atoms with van der Waals surface area (Å²) in [5, 5.41) is 9.79. The van der Waals surface area contributed by atoms with Crippen LogP contribution in [0.15, 0.2) is 58.8 Å². The molecule has 0 radical (unpaired) electrons. The minimum Gasteiger partial charge on any atom is -0.491 e. The molecule has 2 aliphatic heterocycles. The largest absolute Gasteiger partial charge is 0.491 e. The zero-order valence-corrected chi connectivity index (χ0v) is 20.2. The lowest BCUT2D eigenvalue weighted by atomic mass is 10.1. The van der Waals surface area contributed by atoms with Crippen molar-refractivity contribution in [1.82, 2.24) is 4.90 Å². The summed E-state index contributed by atoms with van der Waals surface area (Å²) >= 11 is 3.58. The van der Waals surface area contributed by atoms with Gasteiger partial charge in [0.25, 0.3) is 5.91 Å². The fourth-order valence-electron chi connectivity index (χ4n) is 4.43. The SMILES string of the molecule is O=C1C(Oc2ccc(C3CC3)cc2)=CCN1c1ccc(OCCN2CCC[C@H](O)C2)c(Br)c1. The van der Waals surface area contributed by atoms with Gasteiger partial charge in [0.2, 0.25) is 0 Å². The Morgan fingerprint density at radius 2 is 1.91 bits per heavy atom. The fourth-order valence-corrected chi connectivity index (χ4v) is 4.91. The molecule has 33 heavy (non-hydrogen) atoms. The maximum absolute atomic E-state index is 12.9. The normalized spacial score (nSPS) is 21.3. The van der Waals surface area contributed by atoms with Crippen molar-refractivity contribution in [3.05, 3.63) is 64.3 Å². The summed E-state index contributed by atoms with van der Waals surface area (Å²) in [6.07, 6.45) is 6.03. The average Bonchev–Trinajstić information content (AvgIpc) is 3.60. The van der Waals surface area contributed by atoms with E-state index in [9.17, 15) is 9.90 Å². The van der Waals surface area contributed by atoms with E-state index in [0.717, 1.165) is 41.8 Å². The number of aliphatic hydroxyl groups is 1. The molecular weight excluding hydrogens is 484 g/mol. The van der Waals surface area contributed by atoms with Crippen molar-refractivity contribution in [1.29, 1.82) is 0 Å². The van der Waals surface area contributed by atoms with E-state index < -0.39 is 0 Å². The number of halogens is 1. The van der Waals surface area contributed by atoms with Gasteiger partial charge in [-0.25, -0.2) is 0 Å². The number of rotatable bonds is 8. The number of piperidine rings is 1. The Morgan fingerprint density at radius 1 is 1.09 bits per heavy atom. The summed E-state index contributed by atoms with van der Waals surface area (Å²) in [6.45, 7) is 3.51. The van der Waals surface area contributed by atoms with E-state index in [-0.39, 0.29) is 12.0 Å². The first kappa shape index (κ1) is 22.4. The number of amides is 1. The predicted octanol–water partition coefficient (Wildman–Crippen LogP) is 4.47. The van der Waals surface area contributed by atoms with E-state index >= 15 is 0 Å². The van der Waals surface area contributed by atoms with Crippen LogP contribution in [0.4, 0.5) is 5.69 Å². The molecule has 2 aromatic carbocycles. The molecule has 2 aromatic rings. The summed E-state index contributed by atoms with van der Waals surface area (Å²) in [5.41, 5.74) is 2.13. The molecule has 1 N–H and O–H groups in total. The van der Waals surface area contributed by atoms with Gasteiger partial charge in [0.15, 0.2) is 5.76 Å². The molecule has 3 aliphatic rings. The molecule has 0 aromatic heterocycles. The topological polar surface area (TPSA) is 62.2 Å². The Bertz CT molecular complexity index is 1040. The van der Waals surface area contributed by atoms with Gasteiger partial charge >= 0.3 is 0 Å². The van der Waals surface area contributed by atoms with E-state index in [1.165, 1.54) is 18.4 Å². The van der Waals surface area contributed by atoms with Crippen LogP contribution < -0.4 is 14.4 Å². The van der Waals surface area contributed by atoms with E-state index in [1.54, 1.807) is 4.90 Å². The van der Waals surface area contributed by atoms with Crippen LogP contribution in [-0.4, -0.2) is 54.8 Å². The molecule has 0 unspecified atom stereocenters. The summed E-state index contributed by atoms with van der Waals surface area (Å²) in [7, 11) is 0. The molecule has 1 aliphatic carbocycles. The van der Waals surface area contributed by atoms with Crippen molar-refractivity contribution >= 4 is 27.5 Å². The van der Waals surface area contributed by atoms with Crippen molar-refractivity contribution in [3.8, 4) is 11.5 Å². The van der Waals surface area contributed by atoms with Crippen molar-refractivity contribution in [2.24, 2.45) is 0 Å². The Morgan fingerprint density at radius 3 is 2.64 bits per heavy atom. The summed E-state index contributed by atoms with van der Waals surface area (Å²) in [6, 6.07) is 13.7. The fraction of sp³-hybridized carbons (Fsp3) is 0.423. The van der Waals surface area contributed by atoms with Crippen molar-refractivity contribution in [2.75, 3.05) is 37.7 Å². The highest BCUT2D eigenvalue weighted by atomic mass is 79.9. The van der Waals surface area contributed by atoms with Gasteiger partial charge in [-0.2, -0.15) is 0 Å². The molecule has 7 heteroatoms. The number of hydrogen-bond acceptors (Lipinski definition) is 5. The monoisotopic (exact) mass is 512 g/mol. The quantitative estimate of drug-likeness (QED) is 0.565. The van der Waals surface area contributed by atoms with Crippen LogP contribution in [0.1, 0.15) is 37.2 Å². The Labute approximate surface area is 202 Å². The van der Waals surface area contributed by atoms with Crippen LogP contribution in [0.2, 0.25) is 0 Å². The molecule has 1 saturated heterocycles. The van der Waals surface area contributed by atoms with Gasteiger partial charge in [-0.15, -0.1) is 0 Å². The third kappa shape index (κ3) is 5.42. The zero-order valence-electron chi connectivity index (χ0n) is 18.6. The summed E-state index contributed by atoms with van der Waals surface area (Å²) in [5.74, 6) is 2.33. The molecule has 5 rings (SSSR count). The van der Waals surface area contributed by atoms with E-state index in [2.05, 4.69) is 33.0 Å². The standard InChI is InChI=1S/C26H29BrN2O4/c27-23-16-20(7-10-24(23)32-15-14-28-12-1-2-21(30)17-28)29-13-11-25(26(29)31)33-22-8-5-19(6-9-22)18-3-4-18/h5-11,16,18,21,30H,1-4,12-15,17H2/t21-/m0/s1. The van der Waals surface area contributed by atoms with Crippen LogP contribution in [0.25, 0.3) is 0 Å². The first-order valence-corrected chi connectivity index (χ1v) is 12.5. The number of carbonyl (C=O) groups is 1. The summed E-state index contributed by atoms with van der Waals surface area (Å²) < 4.78 is 12.6. The second kappa shape index (κ2) is 9.87. The van der Waals surface area contributed by atoms with Gasteiger partial charge in [-0.05, 0) is 96.0 Å².